The van der Waals surface area contributed by atoms with Crippen LogP contribution in [-0.2, 0) is 6.61 Å². The molecule has 3 heterocycles. The Morgan fingerprint density at radius 3 is 2.65 bits per heavy atom. The molecule has 0 spiro atoms. The van der Waals surface area contributed by atoms with Crippen molar-refractivity contribution in [1.82, 2.24) is 20.2 Å². The third kappa shape index (κ3) is 3.63. The molecule has 166 valence electrons. The standard InChI is InChI=1S/C27H20FN5O/c28-19-10-18(11-20(13-19)34-15-16-4-2-1-3-5-16)25-14-22-21(8-9-30-27(22)31-25)17-6-7-24-23(12-17)26(29)33-32-24/h1-14H,15H2,(H,30,31)(H3,29,32,33). The second kappa shape index (κ2) is 8.04. The highest BCUT2D eigenvalue weighted by molar-refractivity contribution is 5.99. The zero-order chi connectivity index (χ0) is 23.1. The molecule has 7 heteroatoms. The lowest BCUT2D eigenvalue weighted by atomic mass is 10.0. The Labute approximate surface area is 194 Å². The molecule has 6 nitrogen and oxygen atoms in total. The van der Waals surface area contributed by atoms with E-state index in [9.17, 15) is 4.39 Å². The van der Waals surface area contributed by atoms with Gasteiger partial charge in [0.15, 0.2) is 5.82 Å². The molecule has 34 heavy (non-hydrogen) atoms. The number of nitrogen functional groups attached to an aromatic ring is 1. The second-order valence-corrected chi connectivity index (χ2v) is 8.12. The van der Waals surface area contributed by atoms with Crippen LogP contribution in [0, 0.1) is 5.82 Å². The first-order valence-corrected chi connectivity index (χ1v) is 10.8. The summed E-state index contributed by atoms with van der Waals surface area (Å²) in [6, 6.07) is 24.4. The molecule has 0 amide bonds. The van der Waals surface area contributed by atoms with Crippen LogP contribution in [0.1, 0.15) is 5.56 Å². The lowest BCUT2D eigenvalue weighted by Gasteiger charge is -2.08. The number of anilines is 1. The highest BCUT2D eigenvalue weighted by Gasteiger charge is 2.13. The molecule has 0 saturated heterocycles. The van der Waals surface area contributed by atoms with Crippen molar-refractivity contribution in [2.45, 2.75) is 6.61 Å². The van der Waals surface area contributed by atoms with Crippen LogP contribution in [0.25, 0.3) is 44.3 Å². The summed E-state index contributed by atoms with van der Waals surface area (Å²) in [6.07, 6.45) is 1.75. The maximum absolute atomic E-state index is 14.5. The Balaban J connectivity index is 1.38. The summed E-state index contributed by atoms with van der Waals surface area (Å²) in [5.41, 5.74) is 12.0. The van der Waals surface area contributed by atoms with Crippen LogP contribution in [0.4, 0.5) is 10.2 Å². The van der Waals surface area contributed by atoms with E-state index in [0.717, 1.165) is 38.7 Å². The van der Waals surface area contributed by atoms with Crippen molar-refractivity contribution >= 4 is 27.8 Å². The van der Waals surface area contributed by atoms with Crippen molar-refractivity contribution < 1.29 is 9.13 Å². The Bertz CT molecular complexity index is 1640. The Morgan fingerprint density at radius 1 is 0.882 bits per heavy atom. The van der Waals surface area contributed by atoms with Crippen molar-refractivity contribution in [3.05, 3.63) is 96.4 Å². The first-order valence-electron chi connectivity index (χ1n) is 10.8. The average Bonchev–Trinajstić information content (AvgIpc) is 3.46. The minimum Gasteiger partial charge on any atom is -0.489 e. The van der Waals surface area contributed by atoms with Gasteiger partial charge in [-0.3, -0.25) is 5.10 Å². The third-order valence-corrected chi connectivity index (χ3v) is 5.87. The number of hydrogen-bond donors (Lipinski definition) is 3. The topological polar surface area (TPSA) is 92.6 Å². The number of nitrogens with two attached hydrogens (primary N) is 1. The van der Waals surface area contributed by atoms with E-state index in [1.807, 2.05) is 66.7 Å². The molecule has 0 aliphatic carbocycles. The number of ether oxygens (including phenoxy) is 1. The summed E-state index contributed by atoms with van der Waals surface area (Å²) >= 11 is 0. The predicted molar refractivity (Wildman–Crippen MR) is 132 cm³/mol. The van der Waals surface area contributed by atoms with E-state index in [4.69, 9.17) is 10.5 Å². The van der Waals surface area contributed by atoms with Gasteiger partial charge in [-0.15, -0.1) is 0 Å². The zero-order valence-corrected chi connectivity index (χ0v) is 18.0. The number of rotatable bonds is 5. The van der Waals surface area contributed by atoms with Crippen LogP contribution in [0.15, 0.2) is 85.1 Å². The molecule has 0 unspecified atom stereocenters. The number of hydrogen-bond acceptors (Lipinski definition) is 4. The van der Waals surface area contributed by atoms with Gasteiger partial charge in [0, 0.05) is 34.3 Å². The van der Waals surface area contributed by atoms with Crippen LogP contribution in [0.3, 0.4) is 0 Å². The molecule has 3 aromatic heterocycles. The quantitative estimate of drug-likeness (QED) is 0.298. The zero-order valence-electron chi connectivity index (χ0n) is 18.0. The molecular weight excluding hydrogens is 429 g/mol. The van der Waals surface area contributed by atoms with Crippen LogP contribution in [0.5, 0.6) is 5.75 Å². The maximum Gasteiger partial charge on any atom is 0.153 e. The molecule has 4 N–H and O–H groups in total. The monoisotopic (exact) mass is 449 g/mol. The van der Waals surface area contributed by atoms with E-state index in [1.54, 1.807) is 6.20 Å². The number of nitrogens with one attached hydrogen (secondary N) is 2. The van der Waals surface area contributed by atoms with Gasteiger partial charge in [-0.05, 0) is 53.1 Å². The molecular formula is C27H20FN5O. The van der Waals surface area contributed by atoms with E-state index in [2.05, 4.69) is 20.2 Å². The Kier molecular flexibility index (Phi) is 4.73. The van der Waals surface area contributed by atoms with Crippen LogP contribution in [0.2, 0.25) is 0 Å². The number of fused-ring (bicyclic) bond motifs is 2. The highest BCUT2D eigenvalue weighted by Crippen LogP contribution is 2.34. The van der Waals surface area contributed by atoms with Gasteiger partial charge in [0.25, 0.3) is 0 Å². The number of aromatic amines is 2. The first kappa shape index (κ1) is 20.0. The van der Waals surface area contributed by atoms with E-state index < -0.39 is 0 Å². The smallest absolute Gasteiger partial charge is 0.153 e. The van der Waals surface area contributed by atoms with Crippen molar-refractivity contribution in [3.8, 4) is 28.1 Å². The van der Waals surface area contributed by atoms with Gasteiger partial charge in [-0.25, -0.2) is 9.37 Å². The van der Waals surface area contributed by atoms with E-state index >= 15 is 0 Å². The predicted octanol–water partition coefficient (Wildman–Crippen LogP) is 6.07. The molecule has 6 aromatic rings. The lowest BCUT2D eigenvalue weighted by Crippen LogP contribution is -1.96. The number of pyridine rings is 1. The third-order valence-electron chi connectivity index (χ3n) is 5.87. The van der Waals surface area contributed by atoms with Crippen molar-refractivity contribution in [2.24, 2.45) is 0 Å². The molecule has 0 aliphatic rings. The SMILES string of the molecule is Nc1n[nH]c2ccc(-c3ccnc4[nH]c(-c5cc(F)cc(OCc6ccccc6)c5)cc34)cc12. The molecule has 0 radical (unpaired) electrons. The molecule has 0 aliphatic heterocycles. The Hall–Kier alpha value is -4.65. The number of benzene rings is 3. The Morgan fingerprint density at radius 2 is 1.76 bits per heavy atom. The fourth-order valence-corrected chi connectivity index (χ4v) is 4.18. The second-order valence-electron chi connectivity index (χ2n) is 8.12. The summed E-state index contributed by atoms with van der Waals surface area (Å²) in [4.78, 5) is 7.80. The number of aromatic nitrogens is 4. The van der Waals surface area contributed by atoms with Gasteiger partial charge in [0.2, 0.25) is 0 Å². The highest BCUT2D eigenvalue weighted by atomic mass is 19.1. The minimum atomic E-state index is -0.367. The van der Waals surface area contributed by atoms with Gasteiger partial charge < -0.3 is 15.5 Å². The summed E-state index contributed by atoms with van der Waals surface area (Å²) in [7, 11) is 0. The largest absolute Gasteiger partial charge is 0.489 e. The van der Waals surface area contributed by atoms with Gasteiger partial charge in [-0.1, -0.05) is 36.4 Å². The maximum atomic E-state index is 14.5. The van der Waals surface area contributed by atoms with Gasteiger partial charge in [-0.2, -0.15) is 5.10 Å². The van der Waals surface area contributed by atoms with Gasteiger partial charge in [0.1, 0.15) is 23.8 Å². The number of halogens is 1. The summed E-state index contributed by atoms with van der Waals surface area (Å²) < 4.78 is 20.3. The molecule has 0 saturated carbocycles. The number of H-pyrrole nitrogens is 2. The van der Waals surface area contributed by atoms with Gasteiger partial charge in [0.05, 0.1) is 5.52 Å². The summed E-state index contributed by atoms with van der Waals surface area (Å²) in [6.45, 7) is 0.363. The fraction of sp³-hybridized carbons (Fsp3) is 0.0370. The molecule has 3 aromatic carbocycles. The van der Waals surface area contributed by atoms with Crippen molar-refractivity contribution in [2.75, 3.05) is 5.73 Å². The normalized spacial score (nSPS) is 11.3. The van der Waals surface area contributed by atoms with Crippen LogP contribution < -0.4 is 10.5 Å². The summed E-state index contributed by atoms with van der Waals surface area (Å²) in [5.74, 6) is 0.555. The van der Waals surface area contributed by atoms with E-state index in [0.29, 0.717) is 29.4 Å². The van der Waals surface area contributed by atoms with Gasteiger partial charge >= 0.3 is 0 Å². The van der Waals surface area contributed by atoms with Crippen LogP contribution in [-0.4, -0.2) is 20.2 Å². The van der Waals surface area contributed by atoms with E-state index in [-0.39, 0.29) is 5.82 Å². The fourth-order valence-electron chi connectivity index (χ4n) is 4.18. The first-order chi connectivity index (χ1) is 16.6. The molecule has 0 atom stereocenters. The van der Waals surface area contributed by atoms with Crippen molar-refractivity contribution in [3.63, 3.8) is 0 Å². The van der Waals surface area contributed by atoms with Crippen molar-refractivity contribution in [1.29, 1.82) is 0 Å². The number of nitrogens with zero attached hydrogens (tertiary/aromatic N) is 2. The average molecular weight is 449 g/mol. The minimum absolute atomic E-state index is 0.363. The summed E-state index contributed by atoms with van der Waals surface area (Å²) in [5, 5.41) is 8.78. The van der Waals surface area contributed by atoms with E-state index in [1.165, 1.54) is 12.1 Å². The molecule has 0 bridgehead atoms. The molecule has 0 fully saturated rings. The molecule has 6 rings (SSSR count). The van der Waals surface area contributed by atoms with Crippen LogP contribution >= 0.6 is 0 Å². The lowest BCUT2D eigenvalue weighted by molar-refractivity contribution is 0.305.